The maximum absolute atomic E-state index is 12.1. The maximum atomic E-state index is 12.1. The normalized spacial score (nSPS) is 18.8. The second-order valence-electron chi connectivity index (χ2n) is 7.53. The van der Waals surface area contributed by atoms with Crippen LogP contribution in [0.25, 0.3) is 0 Å². The van der Waals surface area contributed by atoms with Crippen molar-refractivity contribution in [1.82, 2.24) is 9.88 Å². The first kappa shape index (κ1) is 18.9. The Kier molecular flexibility index (Phi) is 5.70. The van der Waals surface area contributed by atoms with Crippen LogP contribution in [0.5, 0.6) is 5.88 Å². The van der Waals surface area contributed by atoms with Crippen molar-refractivity contribution in [2.24, 2.45) is 5.92 Å². The molecular formula is C18H27N3O4S. The van der Waals surface area contributed by atoms with Gasteiger partial charge in [0, 0.05) is 38.4 Å². The highest BCUT2D eigenvalue weighted by atomic mass is 32.2. The number of carbonyl (C=O) groups is 1. The fourth-order valence-corrected chi connectivity index (χ4v) is 4.38. The van der Waals surface area contributed by atoms with E-state index in [1.54, 1.807) is 12.1 Å². The van der Waals surface area contributed by atoms with Crippen LogP contribution in [0.1, 0.15) is 46.0 Å². The van der Waals surface area contributed by atoms with Gasteiger partial charge in [0.15, 0.2) is 0 Å². The van der Waals surface area contributed by atoms with Gasteiger partial charge in [0.25, 0.3) is 0 Å². The molecule has 1 saturated carbocycles. The predicted molar refractivity (Wildman–Crippen MR) is 99.5 cm³/mol. The van der Waals surface area contributed by atoms with Crippen LogP contribution in [0.3, 0.4) is 0 Å². The van der Waals surface area contributed by atoms with Crippen molar-refractivity contribution in [1.29, 1.82) is 0 Å². The average Bonchev–Trinajstić information content (AvgIpc) is 3.42. The number of piperidine rings is 1. The third-order valence-electron chi connectivity index (χ3n) is 4.62. The highest BCUT2D eigenvalue weighted by Gasteiger charge is 2.35. The van der Waals surface area contributed by atoms with Crippen LogP contribution in [-0.4, -0.2) is 48.7 Å². The number of rotatable bonds is 7. The van der Waals surface area contributed by atoms with Crippen molar-refractivity contribution in [2.45, 2.75) is 57.3 Å². The maximum Gasteiger partial charge on any atom is 0.235 e. The van der Waals surface area contributed by atoms with Crippen LogP contribution in [0, 0.1) is 5.92 Å². The van der Waals surface area contributed by atoms with E-state index in [1.165, 1.54) is 6.20 Å². The van der Waals surface area contributed by atoms with Gasteiger partial charge < -0.3 is 9.64 Å². The molecule has 26 heavy (non-hydrogen) atoms. The summed E-state index contributed by atoms with van der Waals surface area (Å²) >= 11 is 0. The molecule has 1 aliphatic carbocycles. The van der Waals surface area contributed by atoms with Crippen LogP contribution in [0.15, 0.2) is 18.3 Å². The van der Waals surface area contributed by atoms with Gasteiger partial charge >= 0.3 is 0 Å². The quantitative estimate of drug-likeness (QED) is 0.783. The molecule has 7 nitrogen and oxygen atoms in total. The van der Waals surface area contributed by atoms with E-state index in [1.807, 2.05) is 18.7 Å². The van der Waals surface area contributed by atoms with Gasteiger partial charge in [-0.1, -0.05) is 13.8 Å². The first-order valence-electron chi connectivity index (χ1n) is 9.25. The predicted octanol–water partition coefficient (Wildman–Crippen LogP) is 2.40. The fraction of sp³-hybridized carbons (Fsp3) is 0.667. The molecule has 3 rings (SSSR count). The lowest BCUT2D eigenvalue weighted by Gasteiger charge is -2.32. The van der Waals surface area contributed by atoms with Gasteiger partial charge in [0.2, 0.25) is 21.8 Å². The third kappa shape index (κ3) is 5.09. The number of hydrogen-bond acceptors (Lipinski definition) is 5. The van der Waals surface area contributed by atoms with Gasteiger partial charge in [-0.25, -0.2) is 13.4 Å². The molecule has 1 amide bonds. The van der Waals surface area contributed by atoms with E-state index >= 15 is 0 Å². The molecule has 1 aliphatic heterocycles. The largest absolute Gasteiger partial charge is 0.474 e. The highest BCUT2D eigenvalue weighted by Crippen LogP contribution is 2.29. The molecule has 1 saturated heterocycles. The van der Waals surface area contributed by atoms with Crippen molar-refractivity contribution < 1.29 is 17.9 Å². The summed E-state index contributed by atoms with van der Waals surface area (Å²) in [6.45, 7) is 5.51. The number of nitrogens with one attached hydrogen (secondary N) is 1. The van der Waals surface area contributed by atoms with Crippen LogP contribution >= 0.6 is 0 Å². The monoisotopic (exact) mass is 381 g/mol. The topological polar surface area (TPSA) is 88.6 Å². The molecule has 0 spiro atoms. The number of pyridine rings is 1. The van der Waals surface area contributed by atoms with Crippen LogP contribution in [0.4, 0.5) is 5.69 Å². The van der Waals surface area contributed by atoms with Gasteiger partial charge in [-0.2, -0.15) is 0 Å². The summed E-state index contributed by atoms with van der Waals surface area (Å²) in [4.78, 5) is 18.2. The van der Waals surface area contributed by atoms with Gasteiger partial charge in [0.05, 0.1) is 17.1 Å². The number of aromatic nitrogens is 1. The Morgan fingerprint density at radius 1 is 1.27 bits per heavy atom. The molecule has 1 N–H and O–H groups in total. The van der Waals surface area contributed by atoms with Crippen molar-refractivity contribution >= 4 is 21.6 Å². The summed E-state index contributed by atoms with van der Waals surface area (Å²) in [6, 6.07) is 3.35. The highest BCUT2D eigenvalue weighted by molar-refractivity contribution is 7.93. The van der Waals surface area contributed by atoms with Crippen LogP contribution < -0.4 is 9.46 Å². The minimum atomic E-state index is -3.27. The summed E-state index contributed by atoms with van der Waals surface area (Å²) in [5.74, 6) is 1.06. The van der Waals surface area contributed by atoms with Gasteiger partial charge in [-0.15, -0.1) is 0 Å². The molecule has 1 aromatic heterocycles. The Hall–Kier alpha value is -1.83. The van der Waals surface area contributed by atoms with Crippen molar-refractivity contribution in [3.63, 3.8) is 0 Å². The second kappa shape index (κ2) is 7.82. The molecule has 0 aromatic carbocycles. The van der Waals surface area contributed by atoms with Gasteiger partial charge in [0.1, 0.15) is 6.10 Å². The van der Waals surface area contributed by atoms with E-state index in [2.05, 4.69) is 9.71 Å². The molecule has 1 aromatic rings. The number of likely N-dealkylation sites (tertiary alicyclic amines) is 1. The molecule has 2 heterocycles. The summed E-state index contributed by atoms with van der Waals surface area (Å²) in [6.07, 6.45) is 5.11. The lowest BCUT2D eigenvalue weighted by atomic mass is 10.1. The van der Waals surface area contributed by atoms with E-state index in [4.69, 9.17) is 4.74 Å². The summed E-state index contributed by atoms with van der Waals surface area (Å²) in [5.41, 5.74) is 0.457. The SMILES string of the molecule is CC(C)CC(=O)N1CCC(Oc2ccc(NS(=O)(=O)C3CC3)cn2)CC1. The summed E-state index contributed by atoms with van der Waals surface area (Å²) < 4.78 is 32.3. The molecule has 8 heteroatoms. The van der Waals surface area contributed by atoms with Gasteiger partial charge in [-0.3, -0.25) is 9.52 Å². The summed E-state index contributed by atoms with van der Waals surface area (Å²) in [7, 11) is -3.27. The zero-order chi connectivity index (χ0) is 18.7. The molecule has 2 aliphatic rings. The number of carbonyl (C=O) groups excluding carboxylic acids is 1. The van der Waals surface area contributed by atoms with E-state index in [0.29, 0.717) is 37.0 Å². The van der Waals surface area contributed by atoms with E-state index in [-0.39, 0.29) is 17.3 Å². The van der Waals surface area contributed by atoms with Crippen LogP contribution in [0.2, 0.25) is 0 Å². The molecular weight excluding hydrogens is 354 g/mol. The lowest BCUT2D eigenvalue weighted by molar-refractivity contribution is -0.133. The van der Waals surface area contributed by atoms with Crippen molar-refractivity contribution in [3.05, 3.63) is 18.3 Å². The van der Waals surface area contributed by atoms with Gasteiger partial charge in [-0.05, 0) is 24.8 Å². The molecule has 0 atom stereocenters. The number of nitrogens with zero attached hydrogens (tertiary/aromatic N) is 2. The molecule has 0 radical (unpaired) electrons. The number of anilines is 1. The van der Waals surface area contributed by atoms with Crippen molar-refractivity contribution in [2.75, 3.05) is 17.8 Å². The number of hydrogen-bond donors (Lipinski definition) is 1. The van der Waals surface area contributed by atoms with E-state index < -0.39 is 10.0 Å². The smallest absolute Gasteiger partial charge is 0.235 e. The first-order valence-corrected chi connectivity index (χ1v) is 10.8. The third-order valence-corrected chi connectivity index (χ3v) is 6.49. The van der Waals surface area contributed by atoms with E-state index in [9.17, 15) is 13.2 Å². The Morgan fingerprint density at radius 2 is 1.96 bits per heavy atom. The standard InChI is InChI=1S/C18H27N3O4S/c1-13(2)11-18(22)21-9-7-15(8-10-21)25-17-6-3-14(12-19-17)20-26(23,24)16-4-5-16/h3,6,12-13,15-16,20H,4-5,7-11H2,1-2H3. The first-order chi connectivity index (χ1) is 12.3. The Labute approximate surface area is 155 Å². The van der Waals surface area contributed by atoms with Crippen molar-refractivity contribution in [3.8, 4) is 5.88 Å². The molecule has 144 valence electrons. The molecule has 2 fully saturated rings. The van der Waals surface area contributed by atoms with Crippen LogP contribution in [-0.2, 0) is 14.8 Å². The minimum absolute atomic E-state index is 0.0274. The Balaban J connectivity index is 1.47. The van der Waals surface area contributed by atoms with E-state index in [0.717, 1.165) is 25.7 Å². The second-order valence-corrected chi connectivity index (χ2v) is 9.49. The Bertz CT molecular complexity index is 721. The molecule has 0 unspecified atom stereocenters. The zero-order valence-corrected chi connectivity index (χ0v) is 16.2. The summed E-state index contributed by atoms with van der Waals surface area (Å²) in [5, 5.41) is -0.262. The average molecular weight is 381 g/mol. The minimum Gasteiger partial charge on any atom is -0.474 e. The number of ether oxygens (including phenoxy) is 1. The zero-order valence-electron chi connectivity index (χ0n) is 15.3. The number of amides is 1. The molecule has 0 bridgehead atoms. The number of sulfonamides is 1. The lowest BCUT2D eigenvalue weighted by Crippen LogP contribution is -2.42. The Morgan fingerprint density at radius 3 is 2.50 bits per heavy atom. The fourth-order valence-electron chi connectivity index (χ4n) is 3.01.